The van der Waals surface area contributed by atoms with Gasteiger partial charge in [-0.3, -0.25) is 4.79 Å². The Morgan fingerprint density at radius 3 is 2.26 bits per heavy atom. The van der Waals surface area contributed by atoms with Gasteiger partial charge >= 0.3 is 5.97 Å². The van der Waals surface area contributed by atoms with Crippen LogP contribution in [0.2, 0.25) is 0 Å². The molecule has 0 bridgehead atoms. The molecule has 9 nitrogen and oxygen atoms in total. The molecule has 0 saturated carbocycles. The van der Waals surface area contributed by atoms with E-state index in [0.717, 1.165) is 0 Å². The van der Waals surface area contributed by atoms with Crippen LogP contribution in [0.4, 0.5) is 0 Å². The van der Waals surface area contributed by atoms with Gasteiger partial charge in [-0.1, -0.05) is 35.5 Å². The summed E-state index contributed by atoms with van der Waals surface area (Å²) < 4.78 is 33.1. The zero-order chi connectivity index (χ0) is 24.1. The maximum atomic E-state index is 12.8. The van der Waals surface area contributed by atoms with Gasteiger partial charge in [0.1, 0.15) is 6.04 Å². The van der Waals surface area contributed by atoms with Crippen molar-refractivity contribution in [3.05, 3.63) is 90.0 Å². The predicted molar refractivity (Wildman–Crippen MR) is 122 cm³/mol. The number of hydrogen-bond acceptors (Lipinski definition) is 7. The Morgan fingerprint density at radius 1 is 1.00 bits per heavy atom. The summed E-state index contributed by atoms with van der Waals surface area (Å²) >= 11 is 0. The van der Waals surface area contributed by atoms with Crippen LogP contribution in [0.15, 0.2) is 88.3 Å². The van der Waals surface area contributed by atoms with Crippen molar-refractivity contribution in [1.82, 2.24) is 14.9 Å². The molecule has 0 fully saturated rings. The molecule has 0 spiro atoms. The van der Waals surface area contributed by atoms with Crippen LogP contribution in [0.5, 0.6) is 0 Å². The molecule has 1 heterocycles. The Hall–Kier alpha value is -4.33. The fraction of sp³-hybridized carbons (Fsp3) is 0.0833. The Morgan fingerprint density at radius 2 is 1.65 bits per heavy atom. The van der Waals surface area contributed by atoms with Crippen molar-refractivity contribution in [2.75, 3.05) is 0 Å². The second kappa shape index (κ2) is 9.66. The van der Waals surface area contributed by atoms with E-state index in [1.54, 1.807) is 54.6 Å². The lowest BCUT2D eigenvalue weighted by Crippen LogP contribution is -2.42. The minimum Gasteiger partial charge on any atom is -0.480 e. The molecule has 1 atom stereocenters. The van der Waals surface area contributed by atoms with Crippen molar-refractivity contribution in [3.63, 3.8) is 0 Å². The largest absolute Gasteiger partial charge is 0.480 e. The molecule has 1 aromatic heterocycles. The number of aromatic nitrogens is 2. The molecule has 0 aliphatic rings. The first-order chi connectivity index (χ1) is 16.4. The van der Waals surface area contributed by atoms with Crippen LogP contribution in [-0.2, 0) is 21.2 Å². The van der Waals surface area contributed by atoms with Crippen molar-refractivity contribution >= 4 is 16.0 Å². The molecular formula is C24H18N4O5S. The number of carboxylic acid groups (broad SMARTS) is 1. The smallest absolute Gasteiger partial charge is 0.322 e. The van der Waals surface area contributed by atoms with Gasteiger partial charge in [0.05, 0.1) is 16.5 Å². The van der Waals surface area contributed by atoms with Crippen LogP contribution in [0, 0.1) is 11.3 Å². The first kappa shape index (κ1) is 22.8. The topological polar surface area (TPSA) is 146 Å². The molecule has 0 aliphatic carbocycles. The summed E-state index contributed by atoms with van der Waals surface area (Å²) in [5.41, 5.74) is 2.35. The molecule has 4 rings (SSSR count). The summed E-state index contributed by atoms with van der Waals surface area (Å²) in [7, 11) is -4.09. The number of sulfonamides is 1. The van der Waals surface area contributed by atoms with E-state index in [4.69, 9.17) is 9.78 Å². The van der Waals surface area contributed by atoms with Crippen molar-refractivity contribution < 1.29 is 22.8 Å². The SMILES string of the molecule is N#Cc1ccc(-c2nc(-c3ccc(S(=O)(=O)NC(Cc4ccccc4)C(=O)O)cc3)no2)cc1. The van der Waals surface area contributed by atoms with Gasteiger partial charge < -0.3 is 9.63 Å². The van der Waals surface area contributed by atoms with E-state index in [1.807, 2.05) is 6.07 Å². The molecule has 34 heavy (non-hydrogen) atoms. The Kier molecular flexibility index (Phi) is 6.49. The highest BCUT2D eigenvalue weighted by molar-refractivity contribution is 7.89. The molecular weight excluding hydrogens is 456 g/mol. The molecule has 0 radical (unpaired) electrons. The number of nitriles is 1. The van der Waals surface area contributed by atoms with Crippen LogP contribution in [0.25, 0.3) is 22.8 Å². The summed E-state index contributed by atoms with van der Waals surface area (Å²) in [6.07, 6.45) is 0.00840. The van der Waals surface area contributed by atoms with E-state index in [9.17, 15) is 18.3 Å². The minimum absolute atomic E-state index is 0.00840. The van der Waals surface area contributed by atoms with Gasteiger partial charge in [-0.05, 0) is 60.5 Å². The zero-order valence-electron chi connectivity index (χ0n) is 17.6. The standard InChI is InChI=1S/C24H18N4O5S/c25-15-17-6-8-19(9-7-17)23-26-22(27-33-23)18-10-12-20(13-11-18)34(31,32)28-21(24(29)30)14-16-4-2-1-3-5-16/h1-13,21,28H,14H2,(H,29,30). The highest BCUT2D eigenvalue weighted by Crippen LogP contribution is 2.24. The summed E-state index contributed by atoms with van der Waals surface area (Å²) in [4.78, 5) is 15.9. The third-order valence-electron chi connectivity index (χ3n) is 4.99. The van der Waals surface area contributed by atoms with Crippen LogP contribution >= 0.6 is 0 Å². The van der Waals surface area contributed by atoms with Crippen molar-refractivity contribution in [3.8, 4) is 28.9 Å². The molecule has 170 valence electrons. The van der Waals surface area contributed by atoms with E-state index in [-0.39, 0.29) is 23.0 Å². The first-order valence-corrected chi connectivity index (χ1v) is 11.6. The maximum Gasteiger partial charge on any atom is 0.322 e. The molecule has 1 unspecified atom stereocenters. The van der Waals surface area contributed by atoms with Crippen molar-refractivity contribution in [2.24, 2.45) is 0 Å². The van der Waals surface area contributed by atoms with Crippen LogP contribution in [0.1, 0.15) is 11.1 Å². The number of rotatable bonds is 8. The first-order valence-electron chi connectivity index (χ1n) is 10.1. The lowest BCUT2D eigenvalue weighted by atomic mass is 10.1. The molecule has 0 aliphatic heterocycles. The number of nitrogens with zero attached hydrogens (tertiary/aromatic N) is 3. The fourth-order valence-electron chi connectivity index (χ4n) is 3.21. The van der Waals surface area contributed by atoms with E-state index >= 15 is 0 Å². The Bertz CT molecular complexity index is 1440. The van der Waals surface area contributed by atoms with E-state index in [1.165, 1.54) is 24.3 Å². The number of aliphatic carboxylic acids is 1. The van der Waals surface area contributed by atoms with Crippen molar-refractivity contribution in [1.29, 1.82) is 5.26 Å². The molecule has 2 N–H and O–H groups in total. The molecule has 0 amide bonds. The van der Waals surface area contributed by atoms with Gasteiger partial charge in [0.15, 0.2) is 0 Å². The van der Waals surface area contributed by atoms with E-state index in [0.29, 0.717) is 22.3 Å². The average molecular weight is 474 g/mol. The van der Waals surface area contributed by atoms with Gasteiger partial charge in [0.2, 0.25) is 15.8 Å². The molecule has 10 heteroatoms. The lowest BCUT2D eigenvalue weighted by molar-refractivity contribution is -0.138. The molecule has 4 aromatic rings. The maximum absolute atomic E-state index is 12.8. The Labute approximate surface area is 195 Å². The van der Waals surface area contributed by atoms with Gasteiger partial charge in [-0.15, -0.1) is 0 Å². The normalized spacial score (nSPS) is 12.1. The van der Waals surface area contributed by atoms with E-state index < -0.39 is 22.0 Å². The van der Waals surface area contributed by atoms with E-state index in [2.05, 4.69) is 14.9 Å². The van der Waals surface area contributed by atoms with Gasteiger partial charge in [0, 0.05) is 11.1 Å². The summed E-state index contributed by atoms with van der Waals surface area (Å²) in [6, 6.07) is 21.8. The quantitative estimate of drug-likeness (QED) is 0.396. The number of nitrogens with one attached hydrogen (secondary N) is 1. The highest BCUT2D eigenvalue weighted by atomic mass is 32.2. The number of benzene rings is 3. The van der Waals surface area contributed by atoms with Gasteiger partial charge in [-0.2, -0.15) is 15.0 Å². The van der Waals surface area contributed by atoms with Crippen LogP contribution in [-0.4, -0.2) is 35.7 Å². The summed E-state index contributed by atoms with van der Waals surface area (Å²) in [5, 5.41) is 22.3. The lowest BCUT2D eigenvalue weighted by Gasteiger charge is -2.15. The number of carboxylic acids is 1. The molecule has 3 aromatic carbocycles. The monoisotopic (exact) mass is 474 g/mol. The fourth-order valence-corrected chi connectivity index (χ4v) is 4.40. The second-order valence-corrected chi connectivity index (χ2v) is 9.05. The second-order valence-electron chi connectivity index (χ2n) is 7.34. The number of carbonyl (C=O) groups is 1. The van der Waals surface area contributed by atoms with Crippen molar-refractivity contribution in [2.45, 2.75) is 17.4 Å². The van der Waals surface area contributed by atoms with Gasteiger partial charge in [-0.25, -0.2) is 8.42 Å². The average Bonchev–Trinajstić information content (AvgIpc) is 3.35. The third kappa shape index (κ3) is 5.17. The van der Waals surface area contributed by atoms with Crippen LogP contribution in [0.3, 0.4) is 0 Å². The number of hydrogen-bond donors (Lipinski definition) is 2. The third-order valence-corrected chi connectivity index (χ3v) is 6.48. The highest BCUT2D eigenvalue weighted by Gasteiger charge is 2.26. The summed E-state index contributed by atoms with van der Waals surface area (Å²) in [6.45, 7) is 0. The zero-order valence-corrected chi connectivity index (χ0v) is 18.4. The van der Waals surface area contributed by atoms with Gasteiger partial charge in [0.25, 0.3) is 5.89 Å². The molecule has 0 saturated heterocycles. The van der Waals surface area contributed by atoms with Crippen LogP contribution < -0.4 is 4.72 Å². The summed E-state index contributed by atoms with van der Waals surface area (Å²) in [5.74, 6) is -0.766. The predicted octanol–water partition coefficient (Wildman–Crippen LogP) is 3.25. The minimum atomic E-state index is -4.09. The Balaban J connectivity index is 1.50.